The number of aryl methyl sites for hydroxylation is 2. The predicted molar refractivity (Wildman–Crippen MR) is 155 cm³/mol. The van der Waals surface area contributed by atoms with Gasteiger partial charge in [0.2, 0.25) is 0 Å². The van der Waals surface area contributed by atoms with Crippen LogP contribution in [0.15, 0.2) is 60.7 Å². The maximum absolute atomic E-state index is 5.40. The summed E-state index contributed by atoms with van der Waals surface area (Å²) in [6, 6.07) is 21.2. The molecule has 0 amide bonds. The molecule has 6 nitrogen and oxygen atoms in total. The fourth-order valence-corrected chi connectivity index (χ4v) is 4.55. The van der Waals surface area contributed by atoms with Crippen LogP contribution in [-0.2, 0) is 25.9 Å². The van der Waals surface area contributed by atoms with E-state index in [0.29, 0.717) is 0 Å². The van der Waals surface area contributed by atoms with Crippen LogP contribution in [0, 0.1) is 0 Å². The number of hydrogen-bond donors (Lipinski definition) is 2. The number of hydrogen-bond acceptors (Lipinski definition) is 6. The van der Waals surface area contributed by atoms with Crippen molar-refractivity contribution in [1.29, 1.82) is 0 Å². The zero-order valence-corrected chi connectivity index (χ0v) is 23.5. The second kappa shape index (κ2) is 16.6. The van der Waals surface area contributed by atoms with E-state index in [2.05, 4.69) is 59.2 Å². The summed E-state index contributed by atoms with van der Waals surface area (Å²) in [4.78, 5) is 0. The van der Waals surface area contributed by atoms with Gasteiger partial charge in [0.25, 0.3) is 0 Å². The summed E-state index contributed by atoms with van der Waals surface area (Å²) < 4.78 is 21.4. The third-order valence-electron chi connectivity index (χ3n) is 6.68. The molecule has 0 unspecified atom stereocenters. The molecule has 6 heteroatoms. The highest BCUT2D eigenvalue weighted by molar-refractivity contribution is 5.43. The summed E-state index contributed by atoms with van der Waals surface area (Å²) in [5.41, 5.74) is 5.22. The summed E-state index contributed by atoms with van der Waals surface area (Å²) in [7, 11) is 6.69. The Kier molecular flexibility index (Phi) is 12.8. The first-order chi connectivity index (χ1) is 18.7. The molecule has 0 saturated carbocycles. The van der Waals surface area contributed by atoms with Crippen LogP contribution in [0.25, 0.3) is 0 Å². The van der Waals surface area contributed by atoms with E-state index in [0.717, 1.165) is 87.7 Å². The van der Waals surface area contributed by atoms with E-state index in [1.807, 2.05) is 12.1 Å². The molecule has 0 saturated heterocycles. The summed E-state index contributed by atoms with van der Waals surface area (Å²) in [5.74, 6) is 3.15. The average Bonchev–Trinajstić information content (AvgIpc) is 2.96. The molecular weight excluding hydrogens is 476 g/mol. The van der Waals surface area contributed by atoms with Gasteiger partial charge in [-0.3, -0.25) is 0 Å². The maximum Gasteiger partial charge on any atom is 0.160 e. The first-order valence-corrected chi connectivity index (χ1v) is 13.6. The van der Waals surface area contributed by atoms with Gasteiger partial charge in [0.05, 0.1) is 28.4 Å². The highest BCUT2D eigenvalue weighted by atomic mass is 16.5. The third kappa shape index (κ3) is 9.58. The molecule has 0 spiro atoms. The number of unbranched alkanes of at least 4 members (excludes halogenated alkanes) is 2. The lowest BCUT2D eigenvalue weighted by molar-refractivity contribution is 0.354. The topological polar surface area (TPSA) is 61.0 Å². The second-order valence-corrected chi connectivity index (χ2v) is 9.47. The van der Waals surface area contributed by atoms with Gasteiger partial charge in [0, 0.05) is 13.1 Å². The van der Waals surface area contributed by atoms with Crippen molar-refractivity contribution in [2.45, 2.75) is 51.6 Å². The molecule has 0 radical (unpaired) electrons. The Labute approximate surface area is 228 Å². The van der Waals surface area contributed by atoms with Gasteiger partial charge >= 0.3 is 0 Å². The van der Waals surface area contributed by atoms with E-state index in [9.17, 15) is 0 Å². The Morgan fingerprint density at radius 1 is 0.474 bits per heavy atom. The monoisotopic (exact) mass is 520 g/mol. The van der Waals surface area contributed by atoms with Crippen molar-refractivity contribution in [2.75, 3.05) is 41.5 Å². The molecule has 3 aromatic rings. The Morgan fingerprint density at radius 2 is 0.921 bits per heavy atom. The Morgan fingerprint density at radius 3 is 1.34 bits per heavy atom. The molecule has 0 aliphatic rings. The van der Waals surface area contributed by atoms with Crippen LogP contribution in [0.4, 0.5) is 0 Å². The molecule has 38 heavy (non-hydrogen) atoms. The van der Waals surface area contributed by atoms with Crippen molar-refractivity contribution < 1.29 is 18.9 Å². The maximum atomic E-state index is 5.40. The van der Waals surface area contributed by atoms with Crippen LogP contribution in [0.1, 0.15) is 47.9 Å². The molecule has 0 aromatic heterocycles. The van der Waals surface area contributed by atoms with Crippen molar-refractivity contribution in [2.24, 2.45) is 0 Å². The molecular formula is C32H44N2O4. The highest BCUT2D eigenvalue weighted by Gasteiger charge is 2.06. The Balaban J connectivity index is 1.27. The number of benzene rings is 3. The molecule has 0 atom stereocenters. The van der Waals surface area contributed by atoms with E-state index < -0.39 is 0 Å². The van der Waals surface area contributed by atoms with Crippen LogP contribution in [0.2, 0.25) is 0 Å². The molecule has 0 heterocycles. The van der Waals surface area contributed by atoms with E-state index in [-0.39, 0.29) is 0 Å². The van der Waals surface area contributed by atoms with Gasteiger partial charge in [0.15, 0.2) is 23.0 Å². The molecule has 0 bridgehead atoms. The van der Waals surface area contributed by atoms with Crippen molar-refractivity contribution in [3.05, 3.63) is 82.9 Å². The SMILES string of the molecule is COc1ccc(CCCCNCc2cccc(CNCCCCc3ccc(OC)c(OC)c3)c2)cc1OC. The fourth-order valence-electron chi connectivity index (χ4n) is 4.55. The smallest absolute Gasteiger partial charge is 0.160 e. The lowest BCUT2D eigenvalue weighted by atomic mass is 10.1. The normalized spacial score (nSPS) is 10.8. The molecule has 0 aliphatic carbocycles. The lowest BCUT2D eigenvalue weighted by Gasteiger charge is -2.10. The van der Waals surface area contributed by atoms with Crippen molar-refractivity contribution in [3.8, 4) is 23.0 Å². The Hall–Kier alpha value is -3.22. The zero-order chi connectivity index (χ0) is 27.0. The van der Waals surface area contributed by atoms with Gasteiger partial charge in [-0.1, -0.05) is 36.4 Å². The molecule has 0 aliphatic heterocycles. The van der Waals surface area contributed by atoms with Crippen LogP contribution < -0.4 is 29.6 Å². The van der Waals surface area contributed by atoms with Gasteiger partial charge in [0.1, 0.15) is 0 Å². The first-order valence-electron chi connectivity index (χ1n) is 13.6. The van der Waals surface area contributed by atoms with Gasteiger partial charge in [-0.05, 0) is 98.1 Å². The van der Waals surface area contributed by atoms with Crippen LogP contribution >= 0.6 is 0 Å². The van der Waals surface area contributed by atoms with Gasteiger partial charge in [-0.25, -0.2) is 0 Å². The van der Waals surface area contributed by atoms with Gasteiger partial charge < -0.3 is 29.6 Å². The predicted octanol–water partition coefficient (Wildman–Crippen LogP) is 5.95. The minimum atomic E-state index is 0.779. The van der Waals surface area contributed by atoms with E-state index in [1.54, 1.807) is 28.4 Å². The molecule has 206 valence electrons. The summed E-state index contributed by atoms with van der Waals surface area (Å²) in [6.07, 6.45) is 6.63. The number of rotatable bonds is 18. The third-order valence-corrected chi connectivity index (χ3v) is 6.68. The van der Waals surface area contributed by atoms with Gasteiger partial charge in [-0.2, -0.15) is 0 Å². The molecule has 3 aromatic carbocycles. The van der Waals surface area contributed by atoms with Crippen molar-refractivity contribution >= 4 is 0 Å². The largest absolute Gasteiger partial charge is 0.493 e. The number of methoxy groups -OCH3 is 4. The van der Waals surface area contributed by atoms with E-state index in [4.69, 9.17) is 18.9 Å². The van der Waals surface area contributed by atoms with Crippen LogP contribution in [-0.4, -0.2) is 41.5 Å². The number of ether oxygens (including phenoxy) is 4. The highest BCUT2D eigenvalue weighted by Crippen LogP contribution is 2.29. The summed E-state index contributed by atoms with van der Waals surface area (Å²) in [5, 5.41) is 7.18. The number of nitrogens with one attached hydrogen (secondary N) is 2. The summed E-state index contributed by atoms with van der Waals surface area (Å²) >= 11 is 0. The standard InChI is InChI=1S/C32H44N2O4/c1-35-29-16-14-25(21-31(29)37-3)10-5-7-18-33-23-27-12-9-13-28(20-27)24-34-19-8-6-11-26-15-17-30(36-2)32(22-26)38-4/h9,12-17,20-22,33-34H,5-8,10-11,18-19,23-24H2,1-4H3. The zero-order valence-electron chi connectivity index (χ0n) is 23.5. The first kappa shape index (κ1) is 29.3. The van der Waals surface area contributed by atoms with Crippen molar-refractivity contribution in [1.82, 2.24) is 10.6 Å². The van der Waals surface area contributed by atoms with Crippen LogP contribution in [0.5, 0.6) is 23.0 Å². The minimum absolute atomic E-state index is 0.779. The lowest BCUT2D eigenvalue weighted by Crippen LogP contribution is -2.17. The second-order valence-electron chi connectivity index (χ2n) is 9.47. The minimum Gasteiger partial charge on any atom is -0.493 e. The van der Waals surface area contributed by atoms with E-state index >= 15 is 0 Å². The molecule has 2 N–H and O–H groups in total. The van der Waals surface area contributed by atoms with Crippen molar-refractivity contribution in [3.63, 3.8) is 0 Å². The Bertz CT molecular complexity index is 1020. The molecule has 3 rings (SSSR count). The van der Waals surface area contributed by atoms with Gasteiger partial charge in [-0.15, -0.1) is 0 Å². The average molecular weight is 521 g/mol. The quantitative estimate of drug-likeness (QED) is 0.202. The fraction of sp³-hybridized carbons (Fsp3) is 0.438. The summed E-state index contributed by atoms with van der Waals surface area (Å²) in [6.45, 7) is 3.82. The van der Waals surface area contributed by atoms with E-state index in [1.165, 1.54) is 22.3 Å². The molecule has 0 fully saturated rings. The van der Waals surface area contributed by atoms with Crippen LogP contribution in [0.3, 0.4) is 0 Å².